The maximum Gasteiger partial charge on any atom is 0.131 e. The van der Waals surface area contributed by atoms with Gasteiger partial charge in [-0.1, -0.05) is 0 Å². The fraction of sp³-hybridized carbons (Fsp3) is 0.667. The lowest BCUT2D eigenvalue weighted by atomic mass is 10.2. The van der Waals surface area contributed by atoms with Crippen molar-refractivity contribution in [2.45, 2.75) is 6.92 Å². The summed E-state index contributed by atoms with van der Waals surface area (Å²) < 4.78 is 5.42. The number of piperazine rings is 1. The maximum absolute atomic E-state index is 5.42. The van der Waals surface area contributed by atoms with E-state index in [-0.39, 0.29) is 0 Å². The summed E-state index contributed by atoms with van der Waals surface area (Å²) >= 11 is 0. The van der Waals surface area contributed by atoms with Gasteiger partial charge in [0.1, 0.15) is 11.6 Å². The fourth-order valence-corrected chi connectivity index (χ4v) is 2.78. The van der Waals surface area contributed by atoms with E-state index in [1.54, 1.807) is 0 Å². The monoisotopic (exact) mass is 276 g/mol. The second-order valence-corrected chi connectivity index (χ2v) is 5.75. The van der Waals surface area contributed by atoms with Gasteiger partial charge in [0.2, 0.25) is 0 Å². The number of aromatic nitrogens is 1. The second kappa shape index (κ2) is 5.97. The minimum absolute atomic E-state index is 0.805. The van der Waals surface area contributed by atoms with Crippen LogP contribution in [0, 0.1) is 6.92 Å². The molecule has 0 bridgehead atoms. The summed E-state index contributed by atoms with van der Waals surface area (Å²) in [6, 6.07) is 4.39. The molecule has 0 atom stereocenters. The van der Waals surface area contributed by atoms with Crippen LogP contribution in [0.25, 0.3) is 0 Å². The third-order valence-corrected chi connectivity index (χ3v) is 4.10. The average molecular weight is 276 g/mol. The van der Waals surface area contributed by atoms with Crippen LogP contribution >= 0.6 is 0 Å². The zero-order chi connectivity index (χ0) is 13.9. The van der Waals surface area contributed by atoms with E-state index >= 15 is 0 Å². The third-order valence-electron chi connectivity index (χ3n) is 4.10. The molecule has 0 spiro atoms. The van der Waals surface area contributed by atoms with Crippen LogP contribution in [-0.4, -0.2) is 69.4 Å². The van der Waals surface area contributed by atoms with Crippen LogP contribution in [0.15, 0.2) is 12.1 Å². The number of pyridine rings is 1. The van der Waals surface area contributed by atoms with Gasteiger partial charge in [0.05, 0.1) is 13.2 Å². The summed E-state index contributed by atoms with van der Waals surface area (Å²) in [7, 11) is 2.18. The van der Waals surface area contributed by atoms with Crippen LogP contribution in [0.1, 0.15) is 5.56 Å². The molecule has 2 aliphatic rings. The van der Waals surface area contributed by atoms with E-state index in [2.05, 4.69) is 40.8 Å². The van der Waals surface area contributed by atoms with E-state index < -0.39 is 0 Å². The molecule has 0 radical (unpaired) electrons. The van der Waals surface area contributed by atoms with Gasteiger partial charge in [0.25, 0.3) is 0 Å². The van der Waals surface area contributed by atoms with Crippen LogP contribution in [0.5, 0.6) is 0 Å². The molecule has 0 amide bonds. The molecule has 0 N–H and O–H groups in total. The molecule has 0 aromatic carbocycles. The molecule has 0 aliphatic carbocycles. The van der Waals surface area contributed by atoms with Crippen LogP contribution in [0.2, 0.25) is 0 Å². The van der Waals surface area contributed by atoms with E-state index in [4.69, 9.17) is 9.72 Å². The predicted molar refractivity (Wildman–Crippen MR) is 81.7 cm³/mol. The molecular weight excluding hydrogens is 252 g/mol. The molecule has 0 saturated carbocycles. The van der Waals surface area contributed by atoms with Crippen molar-refractivity contribution in [2.75, 3.05) is 69.3 Å². The van der Waals surface area contributed by atoms with Crippen molar-refractivity contribution >= 4 is 11.6 Å². The SMILES string of the molecule is Cc1cc(N2CCOCC2)nc(N2CCN(C)CC2)c1. The first kappa shape index (κ1) is 13.6. The van der Waals surface area contributed by atoms with E-state index in [1.807, 2.05) is 0 Å². The van der Waals surface area contributed by atoms with E-state index in [9.17, 15) is 0 Å². The molecule has 1 aromatic heterocycles. The van der Waals surface area contributed by atoms with Gasteiger partial charge in [-0.15, -0.1) is 0 Å². The molecule has 3 rings (SSSR count). The summed E-state index contributed by atoms with van der Waals surface area (Å²) in [6.07, 6.45) is 0. The highest BCUT2D eigenvalue weighted by Gasteiger charge is 2.18. The van der Waals surface area contributed by atoms with Crippen LogP contribution < -0.4 is 9.80 Å². The Labute approximate surface area is 121 Å². The molecule has 3 heterocycles. The molecule has 1 aromatic rings. The minimum Gasteiger partial charge on any atom is -0.378 e. The highest BCUT2D eigenvalue weighted by atomic mass is 16.5. The van der Waals surface area contributed by atoms with Crippen molar-refractivity contribution in [3.05, 3.63) is 17.7 Å². The molecule has 0 unspecified atom stereocenters. The van der Waals surface area contributed by atoms with E-state index in [1.165, 1.54) is 5.56 Å². The van der Waals surface area contributed by atoms with Gasteiger partial charge in [0, 0.05) is 39.3 Å². The molecule has 110 valence electrons. The van der Waals surface area contributed by atoms with E-state index in [0.29, 0.717) is 0 Å². The summed E-state index contributed by atoms with van der Waals surface area (Å²) in [5, 5.41) is 0. The molecular formula is C15H24N4O. The lowest BCUT2D eigenvalue weighted by molar-refractivity contribution is 0.122. The lowest BCUT2D eigenvalue weighted by Crippen LogP contribution is -2.45. The normalized spacial score (nSPS) is 21.3. The molecule has 2 saturated heterocycles. The zero-order valence-corrected chi connectivity index (χ0v) is 12.5. The van der Waals surface area contributed by atoms with Crippen LogP contribution in [0.3, 0.4) is 0 Å². The predicted octanol–water partition coefficient (Wildman–Crippen LogP) is 0.978. The number of likely N-dealkylation sites (N-methyl/N-ethyl adjacent to an activating group) is 1. The van der Waals surface area contributed by atoms with Gasteiger partial charge in [0.15, 0.2) is 0 Å². The molecule has 5 nitrogen and oxygen atoms in total. The van der Waals surface area contributed by atoms with Crippen molar-refractivity contribution in [3.8, 4) is 0 Å². The number of hydrogen-bond donors (Lipinski definition) is 0. The standard InChI is InChI=1S/C15H24N4O/c1-13-11-14(18-5-3-17(2)4-6-18)16-15(12-13)19-7-9-20-10-8-19/h11-12H,3-10H2,1-2H3. The first-order chi connectivity index (χ1) is 9.72. The smallest absolute Gasteiger partial charge is 0.131 e. The fourth-order valence-electron chi connectivity index (χ4n) is 2.78. The van der Waals surface area contributed by atoms with Crippen LogP contribution in [-0.2, 0) is 4.74 Å². The Morgan fingerprint density at radius 3 is 2.05 bits per heavy atom. The van der Waals surface area contributed by atoms with Crippen molar-refractivity contribution in [1.29, 1.82) is 0 Å². The molecule has 5 heteroatoms. The average Bonchev–Trinajstić information content (AvgIpc) is 2.48. The molecule has 2 aliphatic heterocycles. The maximum atomic E-state index is 5.42. The first-order valence-electron chi connectivity index (χ1n) is 7.47. The Morgan fingerprint density at radius 1 is 0.900 bits per heavy atom. The summed E-state index contributed by atoms with van der Waals surface area (Å²) in [6.45, 7) is 10.0. The quantitative estimate of drug-likeness (QED) is 0.804. The Bertz CT molecular complexity index is 451. The largest absolute Gasteiger partial charge is 0.378 e. The number of ether oxygens (including phenoxy) is 1. The number of morpholine rings is 1. The van der Waals surface area contributed by atoms with Gasteiger partial charge in [-0.05, 0) is 31.7 Å². The number of aryl methyl sites for hydroxylation is 1. The third kappa shape index (κ3) is 3.04. The van der Waals surface area contributed by atoms with E-state index in [0.717, 1.165) is 64.1 Å². The number of rotatable bonds is 2. The first-order valence-corrected chi connectivity index (χ1v) is 7.47. The topological polar surface area (TPSA) is 31.8 Å². The van der Waals surface area contributed by atoms with Crippen molar-refractivity contribution in [2.24, 2.45) is 0 Å². The Kier molecular flexibility index (Phi) is 4.08. The Balaban J connectivity index is 1.79. The van der Waals surface area contributed by atoms with Gasteiger partial charge < -0.3 is 19.4 Å². The van der Waals surface area contributed by atoms with Gasteiger partial charge in [-0.2, -0.15) is 0 Å². The van der Waals surface area contributed by atoms with Crippen LogP contribution in [0.4, 0.5) is 11.6 Å². The van der Waals surface area contributed by atoms with Gasteiger partial charge in [-0.3, -0.25) is 0 Å². The minimum atomic E-state index is 0.805. The lowest BCUT2D eigenvalue weighted by Gasteiger charge is -2.34. The van der Waals surface area contributed by atoms with Gasteiger partial charge >= 0.3 is 0 Å². The number of nitrogens with zero attached hydrogens (tertiary/aromatic N) is 4. The summed E-state index contributed by atoms with van der Waals surface area (Å²) in [5.74, 6) is 2.22. The van der Waals surface area contributed by atoms with Crippen molar-refractivity contribution in [1.82, 2.24) is 9.88 Å². The number of anilines is 2. The molecule has 20 heavy (non-hydrogen) atoms. The Hall–Kier alpha value is -1.33. The molecule has 2 fully saturated rings. The Morgan fingerprint density at radius 2 is 1.45 bits per heavy atom. The van der Waals surface area contributed by atoms with Gasteiger partial charge in [-0.25, -0.2) is 4.98 Å². The van der Waals surface area contributed by atoms with Crippen molar-refractivity contribution in [3.63, 3.8) is 0 Å². The highest BCUT2D eigenvalue weighted by Crippen LogP contribution is 2.22. The summed E-state index contributed by atoms with van der Waals surface area (Å²) in [5.41, 5.74) is 1.29. The second-order valence-electron chi connectivity index (χ2n) is 5.75. The highest BCUT2D eigenvalue weighted by molar-refractivity contribution is 5.52. The number of hydrogen-bond acceptors (Lipinski definition) is 5. The van der Waals surface area contributed by atoms with Crippen molar-refractivity contribution < 1.29 is 4.74 Å². The zero-order valence-electron chi connectivity index (χ0n) is 12.5. The summed E-state index contributed by atoms with van der Waals surface area (Å²) in [4.78, 5) is 12.0.